The Hall–Kier alpha value is -0.700. The van der Waals surface area contributed by atoms with E-state index >= 15 is 0 Å². The van der Waals surface area contributed by atoms with Crippen LogP contribution >= 0.6 is 0 Å². The minimum absolute atomic E-state index is 0.253. The third-order valence-corrected chi connectivity index (χ3v) is 1.55. The van der Waals surface area contributed by atoms with E-state index in [1.54, 1.807) is 0 Å². The van der Waals surface area contributed by atoms with Crippen molar-refractivity contribution in [1.82, 2.24) is 5.32 Å². The maximum Gasteiger partial charge on any atom is 0.138 e. The number of hydrogen-bond acceptors (Lipinski definition) is 3. The van der Waals surface area contributed by atoms with Crippen LogP contribution in [0.1, 0.15) is 13.3 Å². The highest BCUT2D eigenvalue weighted by atomic mass is 16.1. The summed E-state index contributed by atoms with van der Waals surface area (Å²) in [6, 6.07) is 0. The summed E-state index contributed by atoms with van der Waals surface area (Å²) < 4.78 is 0. The van der Waals surface area contributed by atoms with Gasteiger partial charge in [0.1, 0.15) is 12.6 Å². The van der Waals surface area contributed by atoms with Gasteiger partial charge in [-0.1, -0.05) is 6.92 Å². The highest BCUT2D eigenvalue weighted by Crippen LogP contribution is 2.02. The van der Waals surface area contributed by atoms with Gasteiger partial charge in [-0.25, -0.2) is 0 Å². The van der Waals surface area contributed by atoms with Gasteiger partial charge in [-0.3, -0.25) is 4.79 Å². The summed E-state index contributed by atoms with van der Waals surface area (Å²) in [5.41, 5.74) is 0. The van der Waals surface area contributed by atoms with Crippen molar-refractivity contribution in [3.63, 3.8) is 0 Å². The lowest BCUT2D eigenvalue weighted by Gasteiger charge is -2.16. The van der Waals surface area contributed by atoms with E-state index in [0.717, 1.165) is 19.5 Å². The number of hydrogen-bond donors (Lipinski definition) is 1. The molecule has 1 saturated heterocycles. The van der Waals surface area contributed by atoms with Crippen molar-refractivity contribution >= 4 is 12.6 Å². The van der Waals surface area contributed by atoms with Crippen LogP contribution in [0.15, 0.2) is 0 Å². The molecule has 1 heterocycles. The van der Waals surface area contributed by atoms with Gasteiger partial charge in [0.05, 0.1) is 0 Å². The fourth-order valence-corrected chi connectivity index (χ4v) is 0.890. The van der Waals surface area contributed by atoms with Crippen LogP contribution in [0.2, 0.25) is 0 Å². The van der Waals surface area contributed by atoms with Gasteiger partial charge in [-0.2, -0.15) is 0 Å². The van der Waals surface area contributed by atoms with Gasteiger partial charge in [0, 0.05) is 25.4 Å². The Bertz CT molecular complexity index is 114. The van der Waals surface area contributed by atoms with Crippen molar-refractivity contribution in [1.29, 1.82) is 0 Å². The van der Waals surface area contributed by atoms with Gasteiger partial charge < -0.3 is 10.1 Å². The molecule has 0 aromatic heterocycles. The molecule has 0 aromatic carbocycles. The van der Waals surface area contributed by atoms with Crippen molar-refractivity contribution in [2.45, 2.75) is 13.3 Å². The molecule has 0 bridgehead atoms. The van der Waals surface area contributed by atoms with Crippen LogP contribution in [0.25, 0.3) is 0 Å². The molecule has 1 fully saturated rings. The third-order valence-electron chi connectivity index (χ3n) is 1.55. The molecule has 0 amide bonds. The van der Waals surface area contributed by atoms with Gasteiger partial charge >= 0.3 is 0 Å². The fourth-order valence-electron chi connectivity index (χ4n) is 0.890. The van der Waals surface area contributed by atoms with Gasteiger partial charge in [0.15, 0.2) is 0 Å². The van der Waals surface area contributed by atoms with E-state index in [2.05, 4.69) is 5.32 Å². The number of piperidine rings is 1. The molecule has 10 heavy (non-hydrogen) atoms. The Labute approximate surface area is 60.8 Å². The Morgan fingerprint density at radius 2 is 2.20 bits per heavy atom. The summed E-state index contributed by atoms with van der Waals surface area (Å²) in [6.45, 7) is 5.72. The lowest BCUT2D eigenvalue weighted by Crippen LogP contribution is -2.34. The largest absolute Gasteiger partial charge is 0.316 e. The number of carbonyl (C=O) groups is 2. The molecule has 3 heteroatoms. The highest BCUT2D eigenvalue weighted by molar-refractivity contribution is 5.81. The zero-order valence-electron chi connectivity index (χ0n) is 6.22. The number of rotatable bonds is 0. The molecule has 0 aromatic rings. The molecule has 1 rings (SSSR count). The highest BCUT2D eigenvalue weighted by Gasteiger charge is 2.15. The topological polar surface area (TPSA) is 46.2 Å². The summed E-state index contributed by atoms with van der Waals surface area (Å²) in [5, 5.41) is 3.14. The molecule has 0 saturated carbocycles. The number of Topliss-reactive ketones (excluding diaryl/α,β-unsaturated/α-hetero) is 1. The van der Waals surface area contributed by atoms with E-state index in [0.29, 0.717) is 5.78 Å². The molecular formula is C7H13NO2. The average molecular weight is 143 g/mol. The molecule has 1 N–H and O–H groups in total. The minimum Gasteiger partial charge on any atom is -0.316 e. The first-order chi connectivity index (χ1) is 4.80. The molecule has 1 unspecified atom stereocenters. The van der Waals surface area contributed by atoms with Crippen molar-refractivity contribution < 1.29 is 9.59 Å². The maximum atomic E-state index is 10.8. The summed E-state index contributed by atoms with van der Waals surface area (Å²) in [4.78, 5) is 18.8. The van der Waals surface area contributed by atoms with Crippen LogP contribution in [0.3, 0.4) is 0 Å². The van der Waals surface area contributed by atoms with Crippen LogP contribution in [0.5, 0.6) is 0 Å². The molecule has 1 aliphatic rings. The Balaban J connectivity index is 0.000000371. The Morgan fingerprint density at radius 1 is 1.60 bits per heavy atom. The van der Waals surface area contributed by atoms with Crippen molar-refractivity contribution in [2.75, 3.05) is 13.1 Å². The van der Waals surface area contributed by atoms with Crippen LogP contribution < -0.4 is 5.32 Å². The second-order valence-electron chi connectivity index (χ2n) is 2.32. The monoisotopic (exact) mass is 143 g/mol. The number of ketones is 1. The number of carbonyl (C=O) groups excluding carboxylic acids is 2. The first-order valence-electron chi connectivity index (χ1n) is 3.33. The zero-order valence-corrected chi connectivity index (χ0v) is 6.22. The van der Waals surface area contributed by atoms with Crippen LogP contribution in [-0.2, 0) is 9.59 Å². The van der Waals surface area contributed by atoms with Gasteiger partial charge in [0.2, 0.25) is 0 Å². The molecule has 58 valence electrons. The van der Waals surface area contributed by atoms with E-state index in [-0.39, 0.29) is 5.92 Å². The Kier molecular flexibility index (Phi) is 4.76. The quantitative estimate of drug-likeness (QED) is 0.519. The van der Waals surface area contributed by atoms with Crippen LogP contribution in [0.4, 0.5) is 0 Å². The molecular weight excluding hydrogens is 130 g/mol. The Morgan fingerprint density at radius 3 is 2.50 bits per heavy atom. The summed E-state index contributed by atoms with van der Waals surface area (Å²) >= 11 is 0. The van der Waals surface area contributed by atoms with E-state index in [1.807, 2.05) is 13.7 Å². The molecule has 1 aliphatic heterocycles. The van der Waals surface area contributed by atoms with E-state index < -0.39 is 0 Å². The molecule has 1 atom stereocenters. The SMILES string of the molecule is C=O.CC1CNCCC1=O. The number of nitrogens with one attached hydrogen (secondary N) is 1. The van der Waals surface area contributed by atoms with Crippen LogP contribution in [0, 0.1) is 5.92 Å². The zero-order chi connectivity index (χ0) is 7.98. The van der Waals surface area contributed by atoms with Crippen molar-refractivity contribution in [3.8, 4) is 0 Å². The summed E-state index contributed by atoms with van der Waals surface area (Å²) in [7, 11) is 0. The summed E-state index contributed by atoms with van der Waals surface area (Å²) in [5.74, 6) is 0.660. The van der Waals surface area contributed by atoms with Crippen LogP contribution in [-0.4, -0.2) is 25.7 Å². The third kappa shape index (κ3) is 2.73. The van der Waals surface area contributed by atoms with Gasteiger partial charge in [-0.05, 0) is 0 Å². The van der Waals surface area contributed by atoms with Crippen molar-refractivity contribution in [2.24, 2.45) is 5.92 Å². The standard InChI is InChI=1S/C6H11NO.CH2O/c1-5-4-7-3-2-6(5)8;1-2/h5,7H,2-4H2,1H3;1H2. The molecule has 0 radical (unpaired) electrons. The first-order valence-corrected chi connectivity index (χ1v) is 3.33. The van der Waals surface area contributed by atoms with Gasteiger partial charge in [-0.15, -0.1) is 0 Å². The molecule has 0 aliphatic carbocycles. The smallest absolute Gasteiger partial charge is 0.138 e. The summed E-state index contributed by atoms with van der Waals surface area (Å²) in [6.07, 6.45) is 0.723. The second-order valence-corrected chi connectivity index (χ2v) is 2.32. The predicted octanol–water partition coefficient (Wildman–Crippen LogP) is -0.000000000000000167. The average Bonchev–Trinajstić information content (AvgIpc) is 2.00. The first kappa shape index (κ1) is 9.30. The van der Waals surface area contributed by atoms with E-state index in [9.17, 15) is 4.79 Å². The predicted molar refractivity (Wildman–Crippen MR) is 38.8 cm³/mol. The minimum atomic E-state index is 0.253. The van der Waals surface area contributed by atoms with E-state index in [4.69, 9.17) is 4.79 Å². The molecule has 0 spiro atoms. The molecule has 3 nitrogen and oxygen atoms in total. The van der Waals surface area contributed by atoms with Gasteiger partial charge in [0.25, 0.3) is 0 Å². The van der Waals surface area contributed by atoms with E-state index in [1.165, 1.54) is 0 Å². The second kappa shape index (κ2) is 5.11. The lowest BCUT2D eigenvalue weighted by atomic mass is 10.0. The fraction of sp³-hybridized carbons (Fsp3) is 0.714. The maximum absolute atomic E-state index is 10.8. The van der Waals surface area contributed by atoms with Crippen molar-refractivity contribution in [3.05, 3.63) is 0 Å². The normalized spacial score (nSPS) is 24.9. The lowest BCUT2D eigenvalue weighted by molar-refractivity contribution is -0.123.